The number of nitrogens with two attached hydrogens (primary N) is 1. The highest BCUT2D eigenvalue weighted by Gasteiger charge is 2.27. The van der Waals surface area contributed by atoms with Crippen LogP contribution in [0.25, 0.3) is 10.9 Å². The molecule has 7 heteroatoms. The van der Waals surface area contributed by atoms with Gasteiger partial charge in [-0.3, -0.25) is 4.79 Å². The molecule has 0 radical (unpaired) electrons. The molecule has 2 heterocycles. The highest BCUT2D eigenvalue weighted by atomic mass is 16.5. The van der Waals surface area contributed by atoms with Crippen LogP contribution in [0, 0.1) is 13.8 Å². The zero-order valence-electron chi connectivity index (χ0n) is 13.5. The lowest BCUT2D eigenvalue weighted by atomic mass is 10.0. The van der Waals surface area contributed by atoms with Crippen molar-refractivity contribution in [3.05, 3.63) is 46.8 Å². The van der Waals surface area contributed by atoms with Crippen molar-refractivity contribution >= 4 is 28.5 Å². The molecule has 0 amide bonds. The number of aromatic amines is 1. The minimum atomic E-state index is -0.968. The number of esters is 1. The Kier molecular flexibility index (Phi) is 3.84. The minimum Gasteiger partial charge on any atom is -0.450 e. The highest BCUT2D eigenvalue weighted by molar-refractivity contribution is 6.11. The van der Waals surface area contributed by atoms with Gasteiger partial charge in [0.05, 0.1) is 5.69 Å². The molecule has 24 heavy (non-hydrogen) atoms. The second kappa shape index (κ2) is 5.84. The summed E-state index contributed by atoms with van der Waals surface area (Å²) in [7, 11) is 0. The second-order valence-electron chi connectivity index (χ2n) is 5.59. The Balaban J connectivity index is 1.87. The number of nitrogens with one attached hydrogen (secondary N) is 1. The Hall–Kier alpha value is -3.09. The fourth-order valence-electron chi connectivity index (χ4n) is 2.71. The monoisotopic (exact) mass is 327 g/mol. The normalized spacial score (nSPS) is 12.3. The van der Waals surface area contributed by atoms with Gasteiger partial charge in [-0.25, -0.2) is 4.79 Å². The van der Waals surface area contributed by atoms with Crippen molar-refractivity contribution in [2.75, 3.05) is 5.73 Å². The third-order valence-electron chi connectivity index (χ3n) is 3.89. The summed E-state index contributed by atoms with van der Waals surface area (Å²) in [6.07, 6.45) is -0.968. The summed E-state index contributed by atoms with van der Waals surface area (Å²) in [6, 6.07) is 7.47. The van der Waals surface area contributed by atoms with Crippen LogP contribution in [-0.4, -0.2) is 28.0 Å². The van der Waals surface area contributed by atoms with E-state index in [0.717, 1.165) is 16.6 Å². The van der Waals surface area contributed by atoms with E-state index in [1.165, 1.54) is 6.92 Å². The second-order valence-corrected chi connectivity index (χ2v) is 5.59. The molecular formula is C17H17N3O4. The van der Waals surface area contributed by atoms with Crippen molar-refractivity contribution in [1.29, 1.82) is 0 Å². The van der Waals surface area contributed by atoms with Gasteiger partial charge in [0.2, 0.25) is 11.7 Å². The van der Waals surface area contributed by atoms with Gasteiger partial charge in [0.15, 0.2) is 6.10 Å². The molecule has 0 saturated heterocycles. The van der Waals surface area contributed by atoms with Crippen LogP contribution in [0.5, 0.6) is 0 Å². The molecule has 7 nitrogen and oxygen atoms in total. The van der Waals surface area contributed by atoms with E-state index in [1.54, 1.807) is 6.92 Å². The first-order chi connectivity index (χ1) is 11.4. The number of anilines is 1. The van der Waals surface area contributed by atoms with Crippen LogP contribution in [0.3, 0.4) is 0 Å². The lowest BCUT2D eigenvalue weighted by Crippen LogP contribution is -2.25. The van der Waals surface area contributed by atoms with Crippen molar-refractivity contribution < 1.29 is 18.8 Å². The van der Waals surface area contributed by atoms with Crippen LogP contribution < -0.4 is 5.73 Å². The average Bonchev–Trinajstić information content (AvgIpc) is 3.05. The molecular weight excluding hydrogens is 310 g/mol. The molecule has 0 unspecified atom stereocenters. The number of para-hydroxylation sites is 1. The van der Waals surface area contributed by atoms with Gasteiger partial charge in [-0.1, -0.05) is 23.4 Å². The number of nitrogens with zero attached hydrogens (tertiary/aromatic N) is 1. The summed E-state index contributed by atoms with van der Waals surface area (Å²) in [5.41, 5.74) is 8.03. The quantitative estimate of drug-likeness (QED) is 0.563. The number of fused-ring (bicyclic) bond motifs is 1. The Morgan fingerprint density at radius 1 is 1.25 bits per heavy atom. The maximum Gasteiger partial charge on any atom is 0.346 e. The molecule has 0 bridgehead atoms. The SMILES string of the molecule is Cc1noc(N)c1C(=O)O[C@H](C)C(=O)c1c(C)[nH]c2ccccc12. The number of aryl methyl sites for hydroxylation is 2. The topological polar surface area (TPSA) is 111 Å². The molecule has 0 spiro atoms. The van der Waals surface area contributed by atoms with Crippen molar-refractivity contribution in [1.82, 2.24) is 10.1 Å². The summed E-state index contributed by atoms with van der Waals surface area (Å²) in [5.74, 6) is -1.14. The Morgan fingerprint density at radius 2 is 1.96 bits per heavy atom. The number of rotatable bonds is 4. The Morgan fingerprint density at radius 3 is 2.62 bits per heavy atom. The number of ketones is 1. The molecule has 3 N–H and O–H groups in total. The number of aromatic nitrogens is 2. The molecule has 2 aromatic heterocycles. The van der Waals surface area contributed by atoms with E-state index in [4.69, 9.17) is 15.0 Å². The van der Waals surface area contributed by atoms with Gasteiger partial charge in [0.25, 0.3) is 0 Å². The largest absolute Gasteiger partial charge is 0.450 e. The van der Waals surface area contributed by atoms with Crippen LogP contribution in [0.2, 0.25) is 0 Å². The number of Topliss-reactive ketones (excluding diaryl/α,β-unsaturated/α-hetero) is 1. The van der Waals surface area contributed by atoms with Crippen LogP contribution >= 0.6 is 0 Å². The minimum absolute atomic E-state index is 0.0466. The third-order valence-corrected chi connectivity index (χ3v) is 3.89. The summed E-state index contributed by atoms with van der Waals surface area (Å²) in [4.78, 5) is 28.1. The molecule has 0 aliphatic heterocycles. The number of nitrogen functional groups attached to an aromatic ring is 1. The van der Waals surface area contributed by atoms with Gasteiger partial charge in [-0.2, -0.15) is 0 Å². The summed E-state index contributed by atoms with van der Waals surface area (Å²) < 4.78 is 10.0. The number of hydrogen-bond acceptors (Lipinski definition) is 6. The fraction of sp³-hybridized carbons (Fsp3) is 0.235. The van der Waals surface area contributed by atoms with Gasteiger partial charge in [0.1, 0.15) is 5.56 Å². The molecule has 1 aromatic carbocycles. The van der Waals surface area contributed by atoms with E-state index < -0.39 is 12.1 Å². The smallest absolute Gasteiger partial charge is 0.346 e. The average molecular weight is 327 g/mol. The lowest BCUT2D eigenvalue weighted by Gasteiger charge is -2.12. The van der Waals surface area contributed by atoms with Gasteiger partial charge in [-0.15, -0.1) is 0 Å². The molecule has 3 rings (SSSR count). The number of ether oxygens (including phenoxy) is 1. The third kappa shape index (κ3) is 2.54. The van der Waals surface area contributed by atoms with Crippen LogP contribution in [0.15, 0.2) is 28.8 Å². The molecule has 0 aliphatic carbocycles. The standard InChI is InChI=1S/C17H17N3O4/c1-8-13(11-6-4-5-7-12(11)19-8)15(21)10(3)23-17(22)14-9(2)20-24-16(14)18/h4-7,10,19H,18H2,1-3H3/t10-/m1/s1. The van der Waals surface area contributed by atoms with Crippen LogP contribution in [0.4, 0.5) is 5.88 Å². The fourth-order valence-corrected chi connectivity index (χ4v) is 2.71. The number of carbonyl (C=O) groups is 2. The predicted octanol–water partition coefficient (Wildman–Crippen LogP) is 2.78. The van der Waals surface area contributed by atoms with E-state index in [-0.39, 0.29) is 17.2 Å². The number of hydrogen-bond donors (Lipinski definition) is 2. The van der Waals surface area contributed by atoms with E-state index in [9.17, 15) is 9.59 Å². The van der Waals surface area contributed by atoms with Gasteiger partial charge >= 0.3 is 5.97 Å². The summed E-state index contributed by atoms with van der Waals surface area (Å²) in [6.45, 7) is 4.91. The first kappa shape index (κ1) is 15.8. The molecule has 124 valence electrons. The van der Waals surface area contributed by atoms with Crippen molar-refractivity contribution in [2.24, 2.45) is 0 Å². The van der Waals surface area contributed by atoms with E-state index in [2.05, 4.69) is 10.1 Å². The molecule has 0 fully saturated rings. The zero-order valence-corrected chi connectivity index (χ0v) is 13.5. The molecule has 0 aliphatic rings. The molecule has 3 aromatic rings. The summed E-state index contributed by atoms with van der Waals surface area (Å²) in [5, 5.41) is 4.40. The first-order valence-corrected chi connectivity index (χ1v) is 7.44. The highest BCUT2D eigenvalue weighted by Crippen LogP contribution is 2.24. The molecule has 1 atom stereocenters. The van der Waals surface area contributed by atoms with Gasteiger partial charge in [0, 0.05) is 22.2 Å². The van der Waals surface area contributed by atoms with Crippen molar-refractivity contribution in [3.63, 3.8) is 0 Å². The lowest BCUT2D eigenvalue weighted by molar-refractivity contribution is 0.0319. The van der Waals surface area contributed by atoms with Crippen LogP contribution in [0.1, 0.15) is 39.0 Å². The van der Waals surface area contributed by atoms with E-state index >= 15 is 0 Å². The van der Waals surface area contributed by atoms with Crippen molar-refractivity contribution in [3.8, 4) is 0 Å². The number of H-pyrrole nitrogens is 1. The van der Waals surface area contributed by atoms with Crippen molar-refractivity contribution in [2.45, 2.75) is 26.9 Å². The molecule has 0 saturated carbocycles. The zero-order chi connectivity index (χ0) is 17.4. The Labute approximate surface area is 137 Å². The van der Waals surface area contributed by atoms with Crippen LogP contribution in [-0.2, 0) is 4.74 Å². The maximum absolute atomic E-state index is 12.7. The Bertz CT molecular complexity index is 919. The number of carbonyl (C=O) groups excluding carboxylic acids is 2. The first-order valence-electron chi connectivity index (χ1n) is 7.44. The van der Waals surface area contributed by atoms with Gasteiger partial charge in [-0.05, 0) is 26.8 Å². The predicted molar refractivity (Wildman–Crippen MR) is 87.9 cm³/mol. The van der Waals surface area contributed by atoms with E-state index in [1.807, 2.05) is 31.2 Å². The van der Waals surface area contributed by atoms with Gasteiger partial charge < -0.3 is 20.0 Å². The summed E-state index contributed by atoms with van der Waals surface area (Å²) >= 11 is 0. The number of benzene rings is 1. The maximum atomic E-state index is 12.7. The van der Waals surface area contributed by atoms with E-state index in [0.29, 0.717) is 11.3 Å².